The third-order valence-corrected chi connectivity index (χ3v) is 3.72. The molecule has 2 rings (SSSR count). The maximum atomic E-state index is 9.76. The molecule has 4 nitrogen and oxygen atoms in total. The summed E-state index contributed by atoms with van der Waals surface area (Å²) in [6.45, 7) is 2.71. The molecule has 0 amide bonds. The Labute approximate surface area is 107 Å². The van der Waals surface area contributed by atoms with E-state index >= 15 is 0 Å². The van der Waals surface area contributed by atoms with Crippen molar-refractivity contribution in [2.75, 3.05) is 6.54 Å². The molecule has 1 fully saturated rings. The molecule has 18 heavy (non-hydrogen) atoms. The molecule has 0 aromatic heterocycles. The number of phenols is 2. The molecule has 1 aliphatic carbocycles. The second-order valence-electron chi connectivity index (χ2n) is 5.17. The van der Waals surface area contributed by atoms with Gasteiger partial charge in [-0.15, -0.1) is 0 Å². The van der Waals surface area contributed by atoms with E-state index in [2.05, 4.69) is 5.32 Å². The van der Waals surface area contributed by atoms with E-state index in [9.17, 15) is 15.3 Å². The summed E-state index contributed by atoms with van der Waals surface area (Å²) in [5.41, 5.74) is 0.538. The number of nitrogens with one attached hydrogen (secondary N) is 1. The van der Waals surface area contributed by atoms with Crippen LogP contribution in [0.25, 0.3) is 0 Å². The van der Waals surface area contributed by atoms with Gasteiger partial charge in [0.25, 0.3) is 0 Å². The van der Waals surface area contributed by atoms with E-state index in [-0.39, 0.29) is 23.6 Å². The lowest BCUT2D eigenvalue weighted by atomic mass is 10.0. The first-order chi connectivity index (χ1) is 8.58. The van der Waals surface area contributed by atoms with Crippen LogP contribution < -0.4 is 5.32 Å². The smallest absolute Gasteiger partial charge is 0.124 e. The molecule has 3 unspecified atom stereocenters. The Morgan fingerprint density at radius 2 is 1.94 bits per heavy atom. The van der Waals surface area contributed by atoms with Crippen molar-refractivity contribution in [1.29, 1.82) is 0 Å². The summed E-state index contributed by atoms with van der Waals surface area (Å²) < 4.78 is 0. The fourth-order valence-electron chi connectivity index (χ4n) is 2.66. The summed E-state index contributed by atoms with van der Waals surface area (Å²) in [5.74, 6) is 0.707. The maximum absolute atomic E-state index is 9.76. The Hall–Kier alpha value is -1.26. The van der Waals surface area contributed by atoms with Gasteiger partial charge in [-0.1, -0.05) is 6.07 Å². The summed E-state index contributed by atoms with van der Waals surface area (Å²) in [6, 6.07) is 4.66. The van der Waals surface area contributed by atoms with Crippen LogP contribution in [-0.4, -0.2) is 28.0 Å². The number of hydrogen-bond donors (Lipinski definition) is 4. The Morgan fingerprint density at radius 3 is 2.50 bits per heavy atom. The summed E-state index contributed by atoms with van der Waals surface area (Å²) in [5, 5.41) is 32.3. The van der Waals surface area contributed by atoms with Crippen LogP contribution in [0.2, 0.25) is 0 Å². The Balaban J connectivity index is 1.93. The molecule has 1 aromatic carbocycles. The number of aromatic hydroxyl groups is 2. The molecule has 1 aliphatic rings. The predicted molar refractivity (Wildman–Crippen MR) is 69.5 cm³/mol. The van der Waals surface area contributed by atoms with Crippen LogP contribution in [0.3, 0.4) is 0 Å². The van der Waals surface area contributed by atoms with Crippen molar-refractivity contribution < 1.29 is 15.3 Å². The molecular formula is C14H21NO3. The lowest BCUT2D eigenvalue weighted by Gasteiger charge is -2.19. The zero-order valence-electron chi connectivity index (χ0n) is 10.6. The lowest BCUT2D eigenvalue weighted by Crippen LogP contribution is -2.25. The quantitative estimate of drug-likeness (QED) is 0.659. The number of aliphatic hydroxyl groups excluding tert-OH is 1. The lowest BCUT2D eigenvalue weighted by molar-refractivity contribution is 0.177. The van der Waals surface area contributed by atoms with Crippen molar-refractivity contribution in [3.63, 3.8) is 0 Å². The molecule has 0 aliphatic heterocycles. The highest BCUT2D eigenvalue weighted by molar-refractivity contribution is 5.44. The first-order valence-corrected chi connectivity index (χ1v) is 6.50. The summed E-state index contributed by atoms with van der Waals surface area (Å²) in [4.78, 5) is 0. The first-order valence-electron chi connectivity index (χ1n) is 6.50. The van der Waals surface area contributed by atoms with Gasteiger partial charge in [0.2, 0.25) is 0 Å². The molecule has 1 saturated carbocycles. The van der Waals surface area contributed by atoms with Gasteiger partial charge in [-0.2, -0.15) is 0 Å². The van der Waals surface area contributed by atoms with Crippen LogP contribution in [0, 0.1) is 5.92 Å². The molecule has 4 heteroatoms. The number of rotatable bonds is 4. The minimum absolute atomic E-state index is 0.107. The van der Waals surface area contributed by atoms with Gasteiger partial charge in [0.15, 0.2) is 0 Å². The van der Waals surface area contributed by atoms with E-state index in [0.717, 1.165) is 25.8 Å². The molecule has 1 aromatic rings. The van der Waals surface area contributed by atoms with Crippen molar-refractivity contribution in [3.8, 4) is 11.5 Å². The highest BCUT2D eigenvalue weighted by Crippen LogP contribution is 2.33. The largest absolute Gasteiger partial charge is 0.507 e. The van der Waals surface area contributed by atoms with Crippen LogP contribution in [0.4, 0.5) is 0 Å². The normalized spacial score (nSPS) is 25.2. The molecule has 3 atom stereocenters. The Bertz CT molecular complexity index is 388. The second kappa shape index (κ2) is 5.59. The van der Waals surface area contributed by atoms with Gasteiger partial charge in [0, 0.05) is 6.04 Å². The third-order valence-electron chi connectivity index (χ3n) is 3.72. The van der Waals surface area contributed by atoms with Crippen molar-refractivity contribution in [1.82, 2.24) is 5.32 Å². The minimum atomic E-state index is -0.161. The molecule has 0 heterocycles. The van der Waals surface area contributed by atoms with Gasteiger partial charge >= 0.3 is 0 Å². The van der Waals surface area contributed by atoms with Gasteiger partial charge in [-0.25, -0.2) is 0 Å². The van der Waals surface area contributed by atoms with Gasteiger partial charge in [-0.05, 0) is 50.8 Å². The number of hydrogen-bond acceptors (Lipinski definition) is 4. The summed E-state index contributed by atoms with van der Waals surface area (Å²) in [6.07, 6.45) is 2.59. The van der Waals surface area contributed by atoms with Gasteiger partial charge in [-0.3, -0.25) is 0 Å². The summed E-state index contributed by atoms with van der Waals surface area (Å²) >= 11 is 0. The number of benzene rings is 1. The average Bonchev–Trinajstić information content (AvgIpc) is 2.72. The van der Waals surface area contributed by atoms with Crippen LogP contribution in [0.5, 0.6) is 11.5 Å². The van der Waals surface area contributed by atoms with Crippen molar-refractivity contribution in [3.05, 3.63) is 23.8 Å². The molecule has 4 N–H and O–H groups in total. The van der Waals surface area contributed by atoms with E-state index in [1.807, 2.05) is 6.92 Å². The number of phenolic OH excluding ortho intramolecular Hbond substituents is 2. The SMILES string of the molecule is CC(NCC1CCC(O)C1)c1c(O)cccc1O. The van der Waals surface area contributed by atoms with E-state index < -0.39 is 0 Å². The fraction of sp³-hybridized carbons (Fsp3) is 0.571. The minimum Gasteiger partial charge on any atom is -0.507 e. The highest BCUT2D eigenvalue weighted by atomic mass is 16.3. The third kappa shape index (κ3) is 2.94. The van der Waals surface area contributed by atoms with Crippen LogP contribution in [-0.2, 0) is 0 Å². The van der Waals surface area contributed by atoms with Gasteiger partial charge in [0.1, 0.15) is 11.5 Å². The summed E-state index contributed by atoms with van der Waals surface area (Å²) in [7, 11) is 0. The highest BCUT2D eigenvalue weighted by Gasteiger charge is 2.23. The Morgan fingerprint density at radius 1 is 1.28 bits per heavy atom. The second-order valence-corrected chi connectivity index (χ2v) is 5.17. The van der Waals surface area contributed by atoms with E-state index in [4.69, 9.17) is 0 Å². The van der Waals surface area contributed by atoms with Crippen LogP contribution in [0.1, 0.15) is 37.8 Å². The molecule has 100 valence electrons. The topological polar surface area (TPSA) is 72.7 Å². The molecule has 0 bridgehead atoms. The Kier molecular flexibility index (Phi) is 4.09. The van der Waals surface area contributed by atoms with Crippen molar-refractivity contribution in [2.24, 2.45) is 5.92 Å². The average molecular weight is 251 g/mol. The standard InChI is InChI=1S/C14H21NO3/c1-9(14-12(17)3-2-4-13(14)18)15-8-10-5-6-11(16)7-10/h2-4,9-11,15-18H,5-8H2,1H3. The van der Waals surface area contributed by atoms with Crippen molar-refractivity contribution in [2.45, 2.75) is 38.3 Å². The molecule has 0 spiro atoms. The predicted octanol–water partition coefficient (Wildman–Crippen LogP) is 1.91. The van der Waals surface area contributed by atoms with Gasteiger partial charge < -0.3 is 20.6 Å². The van der Waals surface area contributed by atoms with Crippen LogP contribution in [0.15, 0.2) is 18.2 Å². The van der Waals surface area contributed by atoms with E-state index in [1.165, 1.54) is 0 Å². The van der Waals surface area contributed by atoms with E-state index in [1.54, 1.807) is 18.2 Å². The zero-order chi connectivity index (χ0) is 13.1. The maximum Gasteiger partial charge on any atom is 0.124 e. The fourth-order valence-corrected chi connectivity index (χ4v) is 2.66. The first kappa shape index (κ1) is 13.2. The van der Waals surface area contributed by atoms with Crippen LogP contribution >= 0.6 is 0 Å². The molecule has 0 saturated heterocycles. The number of aliphatic hydroxyl groups is 1. The zero-order valence-corrected chi connectivity index (χ0v) is 10.6. The molecular weight excluding hydrogens is 230 g/mol. The van der Waals surface area contributed by atoms with E-state index in [0.29, 0.717) is 11.5 Å². The monoisotopic (exact) mass is 251 g/mol. The molecule has 0 radical (unpaired) electrons. The van der Waals surface area contributed by atoms with Gasteiger partial charge in [0.05, 0.1) is 11.7 Å². The van der Waals surface area contributed by atoms with Crippen molar-refractivity contribution >= 4 is 0 Å².